The Bertz CT molecular complexity index is 1390. The highest BCUT2D eigenvalue weighted by Crippen LogP contribution is 2.49. The Morgan fingerprint density at radius 1 is 1.00 bits per heavy atom. The molecule has 39 heavy (non-hydrogen) atoms. The Hall–Kier alpha value is -3.80. The van der Waals surface area contributed by atoms with Crippen LogP contribution >= 0.6 is 0 Å². The van der Waals surface area contributed by atoms with Crippen LogP contribution in [0.15, 0.2) is 47.4 Å². The third-order valence-corrected chi connectivity index (χ3v) is 9.51. The number of fused-ring (bicyclic) bond motifs is 1. The minimum Gasteiger partial charge on any atom is -0.497 e. The number of amides is 2. The monoisotopic (exact) mass is 560 g/mol. The first-order valence-corrected chi connectivity index (χ1v) is 13.9. The van der Waals surface area contributed by atoms with Crippen molar-refractivity contribution in [1.29, 1.82) is 0 Å². The summed E-state index contributed by atoms with van der Waals surface area (Å²) < 4.78 is 50.8. The smallest absolute Gasteiger partial charge is 0.228 e. The summed E-state index contributed by atoms with van der Waals surface area (Å²) in [5.74, 6) is -1.15. The van der Waals surface area contributed by atoms with Crippen molar-refractivity contribution >= 4 is 33.2 Å². The predicted molar refractivity (Wildman–Crippen MR) is 136 cm³/mol. The summed E-state index contributed by atoms with van der Waals surface area (Å²) in [5.41, 5.74) is 0.447. The van der Waals surface area contributed by atoms with Crippen molar-refractivity contribution in [2.75, 3.05) is 27.3 Å². The first-order chi connectivity index (χ1) is 18.5. The van der Waals surface area contributed by atoms with Crippen LogP contribution in [0.25, 0.3) is 0 Å². The maximum Gasteiger partial charge on any atom is 0.228 e. The van der Waals surface area contributed by atoms with Crippen LogP contribution in [0.1, 0.15) is 31.2 Å². The molecule has 5 rings (SSSR count). The summed E-state index contributed by atoms with van der Waals surface area (Å²) in [6.45, 7) is 0.490. The maximum absolute atomic E-state index is 13.7. The number of sulfone groups is 1. The van der Waals surface area contributed by atoms with E-state index >= 15 is 0 Å². The standard InChI is InChI=1S/C21H20FNO6S.C6H9NO2/c1-28-16-4-6-17(7-5-16)30(26,27)21-11-19(24)23(21)12-14(20(21)25)9-13-10-15(22)3-8-18(13)29-2;8-5-1-2-6(9)7-4-3-5/h3-8,10,14H,9,11-12H2,1-2H3;1-4H2,(H,7,9). The quantitative estimate of drug-likeness (QED) is 0.529. The zero-order chi connectivity index (χ0) is 28.4. The second kappa shape index (κ2) is 11.1. The molecule has 2 aromatic carbocycles. The number of halogens is 1. The lowest BCUT2D eigenvalue weighted by Gasteiger charge is -2.44. The van der Waals surface area contributed by atoms with E-state index in [4.69, 9.17) is 9.47 Å². The average molecular weight is 561 g/mol. The van der Waals surface area contributed by atoms with E-state index in [2.05, 4.69) is 5.32 Å². The summed E-state index contributed by atoms with van der Waals surface area (Å²) in [6, 6.07) is 9.65. The molecule has 0 spiro atoms. The Morgan fingerprint density at radius 2 is 1.72 bits per heavy atom. The number of methoxy groups -OCH3 is 2. The van der Waals surface area contributed by atoms with Gasteiger partial charge in [-0.05, 0) is 54.4 Å². The highest BCUT2D eigenvalue weighted by atomic mass is 32.2. The van der Waals surface area contributed by atoms with Gasteiger partial charge in [-0.15, -0.1) is 0 Å². The third kappa shape index (κ3) is 5.25. The normalized spacial score (nSPS) is 22.6. The van der Waals surface area contributed by atoms with Gasteiger partial charge in [0.05, 0.1) is 25.5 Å². The number of hydrogen-bond donors (Lipinski definition) is 1. The van der Waals surface area contributed by atoms with Gasteiger partial charge in [0.15, 0.2) is 5.78 Å². The number of nitrogens with zero attached hydrogens (tertiary/aromatic N) is 1. The largest absolute Gasteiger partial charge is 0.497 e. The van der Waals surface area contributed by atoms with Crippen LogP contribution in [0.3, 0.4) is 0 Å². The molecule has 0 radical (unpaired) electrons. The molecule has 10 nitrogen and oxygen atoms in total. The van der Waals surface area contributed by atoms with Crippen molar-refractivity contribution in [2.45, 2.75) is 41.9 Å². The number of hydrogen-bond acceptors (Lipinski definition) is 8. The molecule has 0 saturated carbocycles. The number of carbonyl (C=O) groups is 4. The van der Waals surface area contributed by atoms with Gasteiger partial charge in [0.25, 0.3) is 0 Å². The molecule has 208 valence electrons. The van der Waals surface area contributed by atoms with E-state index in [0.29, 0.717) is 42.9 Å². The molecule has 0 bridgehead atoms. The average Bonchev–Trinajstić information content (AvgIpc) is 3.01. The Morgan fingerprint density at radius 3 is 2.36 bits per heavy atom. The summed E-state index contributed by atoms with van der Waals surface area (Å²) >= 11 is 0. The maximum atomic E-state index is 13.7. The van der Waals surface area contributed by atoms with Gasteiger partial charge in [-0.2, -0.15) is 0 Å². The molecule has 2 unspecified atom stereocenters. The van der Waals surface area contributed by atoms with E-state index in [1.807, 2.05) is 0 Å². The van der Waals surface area contributed by atoms with E-state index in [9.17, 15) is 32.0 Å². The fraction of sp³-hybridized carbons (Fsp3) is 0.407. The molecule has 3 fully saturated rings. The molecule has 0 aromatic heterocycles. The molecule has 2 amide bonds. The summed E-state index contributed by atoms with van der Waals surface area (Å²) in [4.78, 5) is 45.9. The van der Waals surface area contributed by atoms with Crippen molar-refractivity contribution in [3.8, 4) is 11.5 Å². The molecule has 1 N–H and O–H groups in total. The molecule has 2 aromatic rings. The van der Waals surface area contributed by atoms with Crippen LogP contribution in [0.5, 0.6) is 11.5 Å². The van der Waals surface area contributed by atoms with Gasteiger partial charge >= 0.3 is 0 Å². The van der Waals surface area contributed by atoms with Gasteiger partial charge in [0.2, 0.25) is 26.5 Å². The molecule has 3 saturated heterocycles. The highest BCUT2D eigenvalue weighted by Gasteiger charge is 2.70. The molecule has 3 heterocycles. The van der Waals surface area contributed by atoms with E-state index in [-0.39, 0.29) is 29.6 Å². The van der Waals surface area contributed by atoms with Gasteiger partial charge in [-0.3, -0.25) is 19.2 Å². The van der Waals surface area contributed by atoms with Crippen LogP contribution in [0.4, 0.5) is 4.39 Å². The first kappa shape index (κ1) is 28.2. The van der Waals surface area contributed by atoms with Gasteiger partial charge in [-0.1, -0.05) is 0 Å². The number of β-lactam (4-membered cyclic amide) rings is 1. The van der Waals surface area contributed by atoms with Crippen LogP contribution in [0, 0.1) is 11.7 Å². The summed E-state index contributed by atoms with van der Waals surface area (Å²) in [5, 5.41) is 2.62. The van der Waals surface area contributed by atoms with Crippen LogP contribution in [-0.4, -0.2) is 68.9 Å². The summed E-state index contributed by atoms with van der Waals surface area (Å²) in [6.07, 6.45) is 0.983. The fourth-order valence-electron chi connectivity index (χ4n) is 5.06. The number of rotatable bonds is 6. The lowest BCUT2D eigenvalue weighted by Crippen LogP contribution is -2.67. The Labute approximate surface area is 225 Å². The van der Waals surface area contributed by atoms with Crippen LogP contribution < -0.4 is 14.8 Å². The van der Waals surface area contributed by atoms with Gasteiger partial charge in [0, 0.05) is 38.3 Å². The topological polar surface area (TPSA) is 136 Å². The number of nitrogens with one attached hydrogen (secondary N) is 1. The molecule has 3 aliphatic rings. The molecule has 0 aliphatic carbocycles. The van der Waals surface area contributed by atoms with E-state index in [0.717, 1.165) is 4.90 Å². The number of benzene rings is 2. The molecular formula is C27H29FN2O8S. The number of Topliss-reactive ketones (excluding diaryl/α,β-unsaturated/α-hetero) is 2. The second-order valence-electron chi connectivity index (χ2n) is 9.50. The predicted octanol–water partition coefficient (Wildman–Crippen LogP) is 1.84. The second-order valence-corrected chi connectivity index (χ2v) is 11.7. The lowest BCUT2D eigenvalue weighted by atomic mass is 9.92. The number of carbonyl (C=O) groups excluding carboxylic acids is 4. The highest BCUT2D eigenvalue weighted by molar-refractivity contribution is 7.93. The van der Waals surface area contributed by atoms with Crippen molar-refractivity contribution in [1.82, 2.24) is 10.2 Å². The van der Waals surface area contributed by atoms with E-state index in [1.165, 1.54) is 56.7 Å². The van der Waals surface area contributed by atoms with Gasteiger partial charge in [0.1, 0.15) is 23.1 Å². The minimum absolute atomic E-state index is 0.000787. The van der Waals surface area contributed by atoms with Gasteiger partial charge in [-0.25, -0.2) is 12.8 Å². The van der Waals surface area contributed by atoms with Crippen molar-refractivity contribution in [3.05, 3.63) is 53.8 Å². The zero-order valence-corrected chi connectivity index (χ0v) is 22.4. The minimum atomic E-state index is -4.16. The van der Waals surface area contributed by atoms with Crippen molar-refractivity contribution in [3.63, 3.8) is 0 Å². The van der Waals surface area contributed by atoms with E-state index in [1.54, 1.807) is 0 Å². The number of ketones is 2. The zero-order valence-electron chi connectivity index (χ0n) is 21.6. The lowest BCUT2D eigenvalue weighted by molar-refractivity contribution is -0.150. The molecule has 2 atom stereocenters. The SMILES string of the molecule is COc1ccc(S(=O)(=O)C23CC(=O)N2CC(Cc2cc(F)ccc2OC)C3=O)cc1.O=C1CCNC(=O)CC1. The van der Waals surface area contributed by atoms with Crippen molar-refractivity contribution < 1.29 is 41.5 Å². The molecule has 12 heteroatoms. The Kier molecular flexibility index (Phi) is 8.05. The Balaban J connectivity index is 0.000000333. The molecule has 3 aliphatic heterocycles. The third-order valence-electron chi connectivity index (χ3n) is 7.17. The van der Waals surface area contributed by atoms with Crippen LogP contribution in [-0.2, 0) is 35.4 Å². The molecular weight excluding hydrogens is 531 g/mol. The fourth-order valence-corrected chi connectivity index (χ4v) is 7.15. The first-order valence-electron chi connectivity index (χ1n) is 12.4. The number of ether oxygens (including phenoxy) is 2. The van der Waals surface area contributed by atoms with Gasteiger partial charge < -0.3 is 19.7 Å². The van der Waals surface area contributed by atoms with Crippen molar-refractivity contribution in [2.24, 2.45) is 5.92 Å². The van der Waals surface area contributed by atoms with Crippen LogP contribution in [0.2, 0.25) is 0 Å². The van der Waals surface area contributed by atoms with E-state index < -0.39 is 44.6 Å². The summed E-state index contributed by atoms with van der Waals surface area (Å²) in [7, 11) is -1.27.